The predicted molar refractivity (Wildman–Crippen MR) is 140 cm³/mol. The fourth-order valence-corrected chi connectivity index (χ4v) is 4.92. The zero-order valence-electron chi connectivity index (χ0n) is 20.5. The minimum atomic E-state index is -3.94. The fraction of sp³-hybridized carbons (Fsp3) is 0.269. The number of ketones is 1. The lowest BCUT2D eigenvalue weighted by molar-refractivity contribution is 0.103. The molecule has 12 heteroatoms. The molecule has 38 heavy (non-hydrogen) atoms. The summed E-state index contributed by atoms with van der Waals surface area (Å²) in [4.78, 5) is 27.4. The fourth-order valence-electron chi connectivity index (χ4n) is 4.51. The molecule has 0 aliphatic carbocycles. The number of hydrogen-bond donors (Lipinski definition) is 3. The highest BCUT2D eigenvalue weighted by Gasteiger charge is 2.26. The first-order valence-electron chi connectivity index (χ1n) is 12.1. The summed E-state index contributed by atoms with van der Waals surface area (Å²) in [6.45, 7) is 4.83. The predicted octanol–water partition coefficient (Wildman–Crippen LogP) is 2.76. The SMILES string of the molecule is CC(Cc1ccc(F)c(C(=O)c2c[nH]c3ncc(-c4ccc(N5CCNCC5)nc4)cc23)c1F)S(N)(=O)=O. The molecule has 0 amide bonds. The monoisotopic (exact) mass is 540 g/mol. The molecular weight excluding hydrogens is 514 g/mol. The number of carbonyl (C=O) groups excluding carboxylic acids is 1. The molecular formula is C26H26F2N6O3S. The third-order valence-corrected chi connectivity index (χ3v) is 8.05. The number of sulfonamides is 1. The molecule has 5 rings (SSSR count). The topological polar surface area (TPSA) is 134 Å². The van der Waals surface area contributed by atoms with Crippen molar-refractivity contribution < 1.29 is 22.0 Å². The van der Waals surface area contributed by atoms with Crippen LogP contribution in [0.1, 0.15) is 28.4 Å². The Morgan fingerprint density at radius 2 is 1.84 bits per heavy atom. The number of nitrogens with one attached hydrogen (secondary N) is 2. The third kappa shape index (κ3) is 5.02. The maximum atomic E-state index is 15.3. The summed E-state index contributed by atoms with van der Waals surface area (Å²) in [5, 5.41) is 7.72. The van der Waals surface area contributed by atoms with Crippen LogP contribution in [0.4, 0.5) is 14.6 Å². The molecule has 1 saturated heterocycles. The Kier molecular flexibility index (Phi) is 6.95. The first-order chi connectivity index (χ1) is 18.1. The summed E-state index contributed by atoms with van der Waals surface area (Å²) in [6.07, 6.45) is 4.41. The van der Waals surface area contributed by atoms with Gasteiger partial charge in [0.05, 0.1) is 10.8 Å². The number of aromatic nitrogens is 3. The number of nitrogens with two attached hydrogens (primary N) is 1. The smallest absolute Gasteiger partial charge is 0.212 e. The Labute approximate surface area is 218 Å². The molecule has 1 atom stereocenters. The molecule has 198 valence electrons. The van der Waals surface area contributed by atoms with Gasteiger partial charge in [-0.05, 0) is 43.2 Å². The number of benzene rings is 1. The van der Waals surface area contributed by atoms with Crippen LogP contribution in [0.2, 0.25) is 0 Å². The van der Waals surface area contributed by atoms with Crippen LogP contribution in [-0.4, -0.2) is 60.6 Å². The summed E-state index contributed by atoms with van der Waals surface area (Å²) >= 11 is 0. The number of hydrogen-bond acceptors (Lipinski definition) is 7. The molecule has 1 aromatic carbocycles. The van der Waals surface area contributed by atoms with E-state index in [0.717, 1.165) is 49.7 Å². The number of anilines is 1. The zero-order chi connectivity index (χ0) is 27.0. The summed E-state index contributed by atoms with van der Waals surface area (Å²) in [5.74, 6) is -2.19. The second-order valence-electron chi connectivity index (χ2n) is 9.29. The molecule has 1 fully saturated rings. The summed E-state index contributed by atoms with van der Waals surface area (Å²) in [7, 11) is -3.94. The zero-order valence-corrected chi connectivity index (χ0v) is 21.4. The van der Waals surface area contributed by atoms with Gasteiger partial charge in [-0.2, -0.15) is 0 Å². The van der Waals surface area contributed by atoms with Crippen LogP contribution in [0.5, 0.6) is 0 Å². The largest absolute Gasteiger partial charge is 0.354 e. The van der Waals surface area contributed by atoms with Gasteiger partial charge in [-0.15, -0.1) is 0 Å². The van der Waals surface area contributed by atoms with Crippen molar-refractivity contribution in [1.29, 1.82) is 0 Å². The first-order valence-corrected chi connectivity index (χ1v) is 13.7. The van der Waals surface area contributed by atoms with Crippen molar-refractivity contribution in [3.63, 3.8) is 0 Å². The van der Waals surface area contributed by atoms with Crippen LogP contribution >= 0.6 is 0 Å². The number of carbonyl (C=O) groups is 1. The van der Waals surface area contributed by atoms with Gasteiger partial charge in [0.25, 0.3) is 0 Å². The second kappa shape index (κ2) is 10.2. The van der Waals surface area contributed by atoms with Crippen molar-refractivity contribution in [2.45, 2.75) is 18.6 Å². The molecule has 1 unspecified atom stereocenters. The van der Waals surface area contributed by atoms with Crippen molar-refractivity contribution in [3.8, 4) is 11.1 Å². The van der Waals surface area contributed by atoms with E-state index in [1.165, 1.54) is 13.1 Å². The number of aromatic amines is 1. The van der Waals surface area contributed by atoms with Crippen LogP contribution in [0.3, 0.4) is 0 Å². The van der Waals surface area contributed by atoms with E-state index in [9.17, 15) is 17.6 Å². The molecule has 0 radical (unpaired) electrons. The lowest BCUT2D eigenvalue weighted by Crippen LogP contribution is -2.43. The highest BCUT2D eigenvalue weighted by atomic mass is 32.2. The van der Waals surface area contributed by atoms with Gasteiger partial charge in [-0.25, -0.2) is 32.3 Å². The van der Waals surface area contributed by atoms with Gasteiger partial charge in [0, 0.05) is 66.8 Å². The highest BCUT2D eigenvalue weighted by Crippen LogP contribution is 2.29. The Morgan fingerprint density at radius 3 is 2.53 bits per heavy atom. The van der Waals surface area contributed by atoms with E-state index in [1.807, 2.05) is 12.1 Å². The summed E-state index contributed by atoms with van der Waals surface area (Å²) < 4.78 is 53.3. The van der Waals surface area contributed by atoms with Crippen molar-refractivity contribution in [2.75, 3.05) is 31.1 Å². The first kappa shape index (κ1) is 25.9. The lowest BCUT2D eigenvalue weighted by atomic mass is 9.97. The number of primary sulfonamides is 1. The van der Waals surface area contributed by atoms with Crippen LogP contribution < -0.4 is 15.4 Å². The van der Waals surface area contributed by atoms with E-state index in [0.29, 0.717) is 16.6 Å². The standard InChI is InChI=1S/C26H26F2N6O3S/c1-15(38(29,36)37)10-16-2-4-21(27)23(24(16)28)25(35)20-14-33-26-19(20)11-18(13-32-26)17-3-5-22(31-12-17)34-8-6-30-7-9-34/h2-5,11-15,30H,6-10H2,1H3,(H,32,33)(H2,29,36,37). The van der Waals surface area contributed by atoms with Crippen LogP contribution in [0.25, 0.3) is 22.2 Å². The summed E-state index contributed by atoms with van der Waals surface area (Å²) in [6, 6.07) is 7.63. The maximum absolute atomic E-state index is 15.3. The minimum Gasteiger partial charge on any atom is -0.354 e. The Morgan fingerprint density at radius 1 is 1.11 bits per heavy atom. The van der Waals surface area contributed by atoms with E-state index in [-0.39, 0.29) is 17.5 Å². The van der Waals surface area contributed by atoms with Gasteiger partial charge in [-0.1, -0.05) is 6.07 Å². The molecule has 4 aromatic rings. The number of fused-ring (bicyclic) bond motifs is 1. The van der Waals surface area contributed by atoms with Crippen molar-refractivity contribution in [1.82, 2.24) is 20.3 Å². The molecule has 1 aliphatic rings. The van der Waals surface area contributed by atoms with Crippen molar-refractivity contribution >= 4 is 32.7 Å². The number of nitrogens with zero attached hydrogens (tertiary/aromatic N) is 3. The maximum Gasteiger partial charge on any atom is 0.212 e. The van der Waals surface area contributed by atoms with Gasteiger partial charge in [0.15, 0.2) is 0 Å². The number of H-pyrrole nitrogens is 1. The van der Waals surface area contributed by atoms with Gasteiger partial charge < -0.3 is 15.2 Å². The second-order valence-corrected chi connectivity index (χ2v) is 11.3. The number of halogens is 2. The quantitative estimate of drug-likeness (QED) is 0.307. The van der Waals surface area contributed by atoms with E-state index >= 15 is 4.39 Å². The van der Waals surface area contributed by atoms with Gasteiger partial charge in [0.1, 0.15) is 23.1 Å². The Hall–Kier alpha value is -3.74. The third-order valence-electron chi connectivity index (χ3n) is 6.76. The molecule has 0 bridgehead atoms. The summed E-state index contributed by atoms with van der Waals surface area (Å²) in [5.41, 5.74) is 0.982. The molecule has 0 spiro atoms. The molecule has 4 heterocycles. The lowest BCUT2D eigenvalue weighted by Gasteiger charge is -2.28. The highest BCUT2D eigenvalue weighted by molar-refractivity contribution is 7.89. The Bertz CT molecular complexity index is 1620. The number of rotatable bonds is 7. The van der Waals surface area contributed by atoms with Gasteiger partial charge >= 0.3 is 0 Å². The van der Waals surface area contributed by atoms with Crippen LogP contribution in [0, 0.1) is 11.6 Å². The van der Waals surface area contributed by atoms with Gasteiger partial charge in [0.2, 0.25) is 15.8 Å². The van der Waals surface area contributed by atoms with Crippen LogP contribution in [0.15, 0.2) is 48.9 Å². The Balaban J connectivity index is 1.48. The average molecular weight is 541 g/mol. The molecule has 0 saturated carbocycles. The number of pyridine rings is 2. The van der Waals surface area contributed by atoms with E-state index in [2.05, 4.69) is 25.2 Å². The average Bonchev–Trinajstić information content (AvgIpc) is 3.33. The molecule has 1 aliphatic heterocycles. The van der Waals surface area contributed by atoms with E-state index < -0.39 is 38.3 Å². The minimum absolute atomic E-state index is 0.0363. The van der Waals surface area contributed by atoms with Crippen molar-refractivity contribution in [2.24, 2.45) is 5.14 Å². The normalized spacial score (nSPS) is 15.1. The van der Waals surface area contributed by atoms with E-state index in [1.54, 1.807) is 18.5 Å². The molecule has 3 aromatic heterocycles. The van der Waals surface area contributed by atoms with E-state index in [4.69, 9.17) is 5.14 Å². The molecule has 9 nitrogen and oxygen atoms in total. The van der Waals surface area contributed by atoms with Crippen LogP contribution in [-0.2, 0) is 16.4 Å². The van der Waals surface area contributed by atoms with Crippen molar-refractivity contribution in [3.05, 3.63) is 77.2 Å². The molecule has 4 N–H and O–H groups in total. The number of piperazine rings is 1. The van der Waals surface area contributed by atoms with Gasteiger partial charge in [-0.3, -0.25) is 4.79 Å².